The molecule has 0 bridgehead atoms. The maximum Gasteiger partial charge on any atom is 0.255 e. The van der Waals surface area contributed by atoms with E-state index in [-0.39, 0.29) is 24.0 Å². The number of hydrogen-bond acceptors (Lipinski definition) is 4. The van der Waals surface area contributed by atoms with Crippen LogP contribution in [0.1, 0.15) is 25.1 Å². The number of aryl methyl sites for hydroxylation is 2. The fraction of sp³-hybridized carbons (Fsp3) is 0.312. The molecule has 2 aromatic rings. The van der Waals surface area contributed by atoms with Crippen molar-refractivity contribution >= 4 is 17.5 Å². The molecule has 0 aliphatic rings. The Morgan fingerprint density at radius 3 is 2.45 bits per heavy atom. The highest BCUT2D eigenvalue weighted by Crippen LogP contribution is 2.10. The lowest BCUT2D eigenvalue weighted by Gasteiger charge is -2.10. The first-order valence-corrected chi connectivity index (χ1v) is 7.28. The molecule has 0 unspecified atom stereocenters. The van der Waals surface area contributed by atoms with Gasteiger partial charge in [0.25, 0.3) is 5.56 Å². The van der Waals surface area contributed by atoms with Crippen LogP contribution < -0.4 is 16.6 Å². The smallest absolute Gasteiger partial charge is 0.255 e. The van der Waals surface area contributed by atoms with Gasteiger partial charge in [-0.2, -0.15) is 0 Å². The van der Waals surface area contributed by atoms with Gasteiger partial charge in [-0.15, -0.1) is 0 Å². The van der Waals surface area contributed by atoms with Crippen LogP contribution in [0.5, 0.6) is 0 Å². The normalized spacial score (nSPS) is 10.5. The van der Waals surface area contributed by atoms with E-state index in [0.717, 1.165) is 11.0 Å². The van der Waals surface area contributed by atoms with Gasteiger partial charge in [-0.25, -0.2) is 4.98 Å². The SMILES string of the molecule is CCc1ccc(NC(=O)Cn2c(N)nc(CC)cc2=O)cc1. The molecule has 1 aromatic heterocycles. The van der Waals surface area contributed by atoms with E-state index in [1.165, 1.54) is 11.6 Å². The van der Waals surface area contributed by atoms with Crippen molar-refractivity contribution in [3.63, 3.8) is 0 Å². The van der Waals surface area contributed by atoms with Crippen LogP contribution in [0.4, 0.5) is 11.6 Å². The minimum Gasteiger partial charge on any atom is -0.369 e. The highest BCUT2D eigenvalue weighted by atomic mass is 16.2. The number of nitrogen functional groups attached to an aromatic ring is 1. The van der Waals surface area contributed by atoms with Crippen molar-refractivity contribution in [2.75, 3.05) is 11.1 Å². The van der Waals surface area contributed by atoms with Gasteiger partial charge in [0.1, 0.15) is 6.54 Å². The molecule has 0 aliphatic heterocycles. The van der Waals surface area contributed by atoms with E-state index in [1.807, 2.05) is 31.2 Å². The fourth-order valence-electron chi connectivity index (χ4n) is 2.08. The van der Waals surface area contributed by atoms with Gasteiger partial charge >= 0.3 is 0 Å². The van der Waals surface area contributed by atoms with Crippen molar-refractivity contribution in [1.29, 1.82) is 0 Å². The van der Waals surface area contributed by atoms with Crippen molar-refractivity contribution in [3.05, 3.63) is 51.9 Å². The number of rotatable bonds is 5. The maximum absolute atomic E-state index is 12.0. The lowest BCUT2D eigenvalue weighted by molar-refractivity contribution is -0.116. The number of nitrogens with one attached hydrogen (secondary N) is 1. The first-order valence-electron chi connectivity index (χ1n) is 7.28. The van der Waals surface area contributed by atoms with Gasteiger partial charge in [0.2, 0.25) is 11.9 Å². The summed E-state index contributed by atoms with van der Waals surface area (Å²) in [4.78, 5) is 28.1. The zero-order valence-electron chi connectivity index (χ0n) is 12.8. The summed E-state index contributed by atoms with van der Waals surface area (Å²) >= 11 is 0. The number of nitrogens with two attached hydrogens (primary N) is 1. The van der Waals surface area contributed by atoms with Crippen molar-refractivity contribution in [2.45, 2.75) is 33.2 Å². The molecule has 1 aromatic carbocycles. The number of nitrogens with zero attached hydrogens (tertiary/aromatic N) is 2. The molecule has 1 heterocycles. The van der Waals surface area contributed by atoms with E-state index in [4.69, 9.17) is 5.73 Å². The van der Waals surface area contributed by atoms with Crippen molar-refractivity contribution in [1.82, 2.24) is 9.55 Å². The summed E-state index contributed by atoms with van der Waals surface area (Å²) in [6, 6.07) is 8.98. The van der Waals surface area contributed by atoms with Crippen LogP contribution in [0.15, 0.2) is 35.1 Å². The van der Waals surface area contributed by atoms with Crippen LogP contribution in [-0.2, 0) is 24.2 Å². The first-order chi connectivity index (χ1) is 10.5. The molecule has 6 heteroatoms. The van der Waals surface area contributed by atoms with Crippen LogP contribution in [0, 0.1) is 0 Å². The monoisotopic (exact) mass is 300 g/mol. The van der Waals surface area contributed by atoms with E-state index in [1.54, 1.807) is 0 Å². The Balaban J connectivity index is 2.10. The Morgan fingerprint density at radius 1 is 1.23 bits per heavy atom. The minimum absolute atomic E-state index is 0.0563. The quantitative estimate of drug-likeness (QED) is 0.877. The predicted octanol–water partition coefficient (Wildman–Crippen LogP) is 1.59. The van der Waals surface area contributed by atoms with E-state index >= 15 is 0 Å². The molecule has 22 heavy (non-hydrogen) atoms. The topological polar surface area (TPSA) is 90.0 Å². The average molecular weight is 300 g/mol. The van der Waals surface area contributed by atoms with Gasteiger partial charge in [-0.1, -0.05) is 26.0 Å². The Morgan fingerprint density at radius 2 is 1.91 bits per heavy atom. The molecule has 0 spiro atoms. The van der Waals surface area contributed by atoms with Crippen LogP contribution >= 0.6 is 0 Å². The second kappa shape index (κ2) is 6.89. The minimum atomic E-state index is -0.319. The van der Waals surface area contributed by atoms with Crippen molar-refractivity contribution in [2.24, 2.45) is 0 Å². The molecular formula is C16H20N4O2. The highest BCUT2D eigenvalue weighted by molar-refractivity contribution is 5.90. The Bertz CT molecular complexity index is 720. The van der Waals surface area contributed by atoms with Gasteiger partial charge in [0.15, 0.2) is 0 Å². The van der Waals surface area contributed by atoms with Crippen LogP contribution in [0.25, 0.3) is 0 Å². The van der Waals surface area contributed by atoms with E-state index in [2.05, 4.69) is 17.2 Å². The second-order valence-electron chi connectivity index (χ2n) is 4.98. The summed E-state index contributed by atoms with van der Waals surface area (Å²) in [5, 5.41) is 2.74. The molecule has 1 amide bonds. The molecule has 0 fully saturated rings. The third-order valence-corrected chi connectivity index (χ3v) is 3.40. The van der Waals surface area contributed by atoms with Gasteiger partial charge < -0.3 is 11.1 Å². The maximum atomic E-state index is 12.0. The molecule has 0 atom stereocenters. The average Bonchev–Trinajstić information content (AvgIpc) is 2.51. The number of benzene rings is 1. The summed E-state index contributed by atoms with van der Waals surface area (Å²) in [7, 11) is 0. The van der Waals surface area contributed by atoms with Crippen LogP contribution in [0.3, 0.4) is 0 Å². The number of hydrogen-bond donors (Lipinski definition) is 2. The molecular weight excluding hydrogens is 280 g/mol. The van der Waals surface area contributed by atoms with Gasteiger partial charge in [0.05, 0.1) is 0 Å². The fourth-order valence-corrected chi connectivity index (χ4v) is 2.08. The molecule has 0 aliphatic carbocycles. The molecule has 3 N–H and O–H groups in total. The number of amides is 1. The molecule has 2 rings (SSSR count). The third kappa shape index (κ3) is 3.72. The summed E-state index contributed by atoms with van der Waals surface area (Å²) in [6.07, 6.45) is 1.56. The zero-order valence-corrected chi connectivity index (χ0v) is 12.8. The molecule has 116 valence electrons. The van der Waals surface area contributed by atoms with Crippen molar-refractivity contribution in [3.8, 4) is 0 Å². The largest absolute Gasteiger partial charge is 0.369 e. The molecule has 0 radical (unpaired) electrons. The Labute approximate surface area is 129 Å². The van der Waals surface area contributed by atoms with E-state index < -0.39 is 0 Å². The number of carbonyl (C=O) groups is 1. The van der Waals surface area contributed by atoms with E-state index in [0.29, 0.717) is 17.8 Å². The van der Waals surface area contributed by atoms with Gasteiger partial charge in [-0.3, -0.25) is 14.2 Å². The predicted molar refractivity (Wildman–Crippen MR) is 86.7 cm³/mol. The Hall–Kier alpha value is -2.63. The number of aromatic nitrogens is 2. The van der Waals surface area contributed by atoms with Crippen molar-refractivity contribution < 1.29 is 4.79 Å². The molecule has 0 saturated carbocycles. The van der Waals surface area contributed by atoms with Gasteiger partial charge in [0, 0.05) is 17.4 Å². The first kappa shape index (κ1) is 15.8. The second-order valence-corrected chi connectivity index (χ2v) is 4.98. The summed E-state index contributed by atoms with van der Waals surface area (Å²) in [6.45, 7) is 3.80. The van der Waals surface area contributed by atoms with E-state index in [9.17, 15) is 9.59 Å². The highest BCUT2D eigenvalue weighted by Gasteiger charge is 2.10. The van der Waals surface area contributed by atoms with Crippen LogP contribution in [0.2, 0.25) is 0 Å². The number of anilines is 2. The number of carbonyl (C=O) groups excluding carboxylic acids is 1. The van der Waals surface area contributed by atoms with Gasteiger partial charge in [-0.05, 0) is 30.5 Å². The standard InChI is InChI=1S/C16H20N4O2/c1-3-11-5-7-13(8-6-11)18-14(21)10-20-15(22)9-12(4-2)19-16(20)17/h5-9H,3-4,10H2,1-2H3,(H2,17,19)(H,18,21). The van der Waals surface area contributed by atoms with Crippen LogP contribution in [-0.4, -0.2) is 15.5 Å². The zero-order chi connectivity index (χ0) is 16.1. The molecule has 6 nitrogen and oxygen atoms in total. The molecule has 0 saturated heterocycles. The summed E-state index contributed by atoms with van der Waals surface area (Å²) in [5.41, 5.74) is 7.93. The lowest BCUT2D eigenvalue weighted by Crippen LogP contribution is -2.30. The lowest BCUT2D eigenvalue weighted by atomic mass is 10.1. The third-order valence-electron chi connectivity index (χ3n) is 3.40. The summed E-state index contributed by atoms with van der Waals surface area (Å²) < 4.78 is 1.16. The Kier molecular flexibility index (Phi) is 4.93. The summed E-state index contributed by atoms with van der Waals surface area (Å²) in [5.74, 6) is -0.259.